The number of hydrogen-bond donors (Lipinski definition) is 2. The Morgan fingerprint density at radius 3 is 2.67 bits per heavy atom. The van der Waals surface area contributed by atoms with Crippen LogP contribution in [0.3, 0.4) is 0 Å². The molecule has 21 heavy (non-hydrogen) atoms. The van der Waals surface area contributed by atoms with Crippen molar-refractivity contribution in [2.75, 3.05) is 13.1 Å². The van der Waals surface area contributed by atoms with Gasteiger partial charge in [-0.25, -0.2) is 0 Å². The second-order valence-electron chi connectivity index (χ2n) is 5.45. The van der Waals surface area contributed by atoms with E-state index in [-0.39, 0.29) is 11.7 Å². The van der Waals surface area contributed by atoms with Crippen molar-refractivity contribution in [1.82, 2.24) is 4.90 Å². The van der Waals surface area contributed by atoms with Gasteiger partial charge in [-0.15, -0.1) is 0 Å². The maximum Gasteiger partial charge on any atom is 0.253 e. The lowest BCUT2D eigenvalue weighted by Gasteiger charge is -2.24. The second kappa shape index (κ2) is 8.02. The number of nitrogens with zero attached hydrogens (tertiary/aromatic N) is 2. The average Bonchev–Trinajstić information content (AvgIpc) is 2.44. The predicted molar refractivity (Wildman–Crippen MR) is 87.6 cm³/mol. The Labute approximate surface area is 133 Å². The summed E-state index contributed by atoms with van der Waals surface area (Å²) in [7, 11) is 0. The monoisotopic (exact) mass is 355 g/mol. The number of aryl methyl sites for hydroxylation is 1. The summed E-state index contributed by atoms with van der Waals surface area (Å²) in [6.45, 7) is 7.12. The molecule has 0 fully saturated rings. The normalized spacial score (nSPS) is 11.8. The zero-order valence-electron chi connectivity index (χ0n) is 12.6. The number of hydrogen-bond acceptors (Lipinski definition) is 3. The highest BCUT2D eigenvalue weighted by Gasteiger charge is 2.17. The fraction of sp³-hybridized carbons (Fsp3) is 0.467. The molecule has 0 radical (unpaired) electrons. The molecule has 0 heterocycles. The first-order valence-electron chi connectivity index (χ1n) is 6.87. The van der Waals surface area contributed by atoms with Crippen LogP contribution in [0.4, 0.5) is 0 Å². The van der Waals surface area contributed by atoms with E-state index in [0.29, 0.717) is 31.0 Å². The van der Waals surface area contributed by atoms with Crippen LogP contribution in [0.5, 0.6) is 0 Å². The molecule has 0 saturated carbocycles. The van der Waals surface area contributed by atoms with E-state index < -0.39 is 0 Å². The summed E-state index contributed by atoms with van der Waals surface area (Å²) in [5.74, 6) is 0.436. The van der Waals surface area contributed by atoms with Crippen LogP contribution >= 0.6 is 15.9 Å². The Bertz CT molecular complexity index is 530. The highest BCUT2D eigenvalue weighted by atomic mass is 79.9. The van der Waals surface area contributed by atoms with Gasteiger partial charge in [0.2, 0.25) is 0 Å². The first kappa shape index (κ1) is 17.5. The van der Waals surface area contributed by atoms with Crippen molar-refractivity contribution >= 4 is 27.7 Å². The molecule has 116 valence electrons. The van der Waals surface area contributed by atoms with Crippen molar-refractivity contribution in [3.8, 4) is 0 Å². The molecule has 0 unspecified atom stereocenters. The second-order valence-corrected chi connectivity index (χ2v) is 6.30. The molecule has 5 nitrogen and oxygen atoms in total. The van der Waals surface area contributed by atoms with Crippen molar-refractivity contribution in [3.63, 3.8) is 0 Å². The molecule has 0 aliphatic rings. The molecule has 0 aromatic heterocycles. The van der Waals surface area contributed by atoms with Crippen LogP contribution in [0, 0.1) is 12.8 Å². The van der Waals surface area contributed by atoms with Gasteiger partial charge >= 0.3 is 0 Å². The SMILES string of the molecule is Cc1cc(C(=O)N(CC/C(N)=N/O)CC(C)C)ccc1Br. The molecule has 1 aromatic rings. The van der Waals surface area contributed by atoms with E-state index in [1.165, 1.54) is 0 Å². The maximum absolute atomic E-state index is 12.6. The first-order chi connectivity index (χ1) is 9.85. The summed E-state index contributed by atoms with van der Waals surface area (Å²) in [6, 6.07) is 5.54. The van der Waals surface area contributed by atoms with Crippen LogP contribution < -0.4 is 5.73 Å². The van der Waals surface area contributed by atoms with Crippen LogP contribution in [0.15, 0.2) is 27.8 Å². The fourth-order valence-electron chi connectivity index (χ4n) is 1.98. The minimum atomic E-state index is -0.0370. The summed E-state index contributed by atoms with van der Waals surface area (Å²) in [6.07, 6.45) is 0.352. The topological polar surface area (TPSA) is 78.9 Å². The molecule has 1 amide bonds. The molecule has 1 rings (SSSR count). The molecule has 6 heteroatoms. The fourth-order valence-corrected chi connectivity index (χ4v) is 2.22. The van der Waals surface area contributed by atoms with E-state index in [1.807, 2.05) is 19.1 Å². The molecule has 0 bridgehead atoms. The van der Waals surface area contributed by atoms with Crippen LogP contribution in [0.25, 0.3) is 0 Å². The highest BCUT2D eigenvalue weighted by molar-refractivity contribution is 9.10. The minimum absolute atomic E-state index is 0.0370. The Balaban J connectivity index is 2.90. The Morgan fingerprint density at radius 1 is 1.48 bits per heavy atom. The van der Waals surface area contributed by atoms with Crippen molar-refractivity contribution in [1.29, 1.82) is 0 Å². The van der Waals surface area contributed by atoms with Crippen molar-refractivity contribution < 1.29 is 10.0 Å². The minimum Gasteiger partial charge on any atom is -0.409 e. The third kappa shape index (κ3) is 5.38. The third-order valence-electron chi connectivity index (χ3n) is 3.04. The summed E-state index contributed by atoms with van der Waals surface area (Å²) < 4.78 is 0.978. The van der Waals surface area contributed by atoms with Crippen LogP contribution in [0.1, 0.15) is 36.2 Å². The Kier molecular flexibility index (Phi) is 6.68. The molecule has 0 atom stereocenters. The lowest BCUT2D eigenvalue weighted by atomic mass is 10.1. The van der Waals surface area contributed by atoms with Crippen molar-refractivity contribution in [3.05, 3.63) is 33.8 Å². The largest absolute Gasteiger partial charge is 0.409 e. The summed E-state index contributed by atoms with van der Waals surface area (Å²) in [4.78, 5) is 14.4. The van der Waals surface area contributed by atoms with Gasteiger partial charge in [-0.2, -0.15) is 0 Å². The zero-order valence-corrected chi connectivity index (χ0v) is 14.2. The molecular weight excluding hydrogens is 334 g/mol. The van der Waals surface area contributed by atoms with E-state index in [1.54, 1.807) is 11.0 Å². The van der Waals surface area contributed by atoms with Gasteiger partial charge in [0, 0.05) is 29.5 Å². The maximum atomic E-state index is 12.6. The van der Waals surface area contributed by atoms with Gasteiger partial charge in [0.1, 0.15) is 5.84 Å². The number of carbonyl (C=O) groups excluding carboxylic acids is 1. The summed E-state index contributed by atoms with van der Waals surface area (Å²) in [5, 5.41) is 11.6. The number of carbonyl (C=O) groups is 1. The molecule has 0 saturated heterocycles. The molecule has 0 aliphatic heterocycles. The lowest BCUT2D eigenvalue weighted by molar-refractivity contribution is 0.0740. The number of oxime groups is 1. The van der Waals surface area contributed by atoms with Gasteiger partial charge in [0.05, 0.1) is 0 Å². The molecular formula is C15H22BrN3O2. The van der Waals surface area contributed by atoms with Crippen molar-refractivity contribution in [2.24, 2.45) is 16.8 Å². The Hall–Kier alpha value is -1.56. The van der Waals surface area contributed by atoms with Gasteiger partial charge in [-0.05, 0) is 36.6 Å². The van der Waals surface area contributed by atoms with Gasteiger partial charge in [0.25, 0.3) is 5.91 Å². The molecule has 0 aliphatic carbocycles. The number of halogens is 1. The quantitative estimate of drug-likeness (QED) is 0.356. The highest BCUT2D eigenvalue weighted by Crippen LogP contribution is 2.18. The van der Waals surface area contributed by atoms with Gasteiger partial charge in [0.15, 0.2) is 0 Å². The van der Waals surface area contributed by atoms with E-state index in [4.69, 9.17) is 10.9 Å². The number of amidine groups is 1. The summed E-state index contributed by atoms with van der Waals surface area (Å²) in [5.41, 5.74) is 7.16. The molecule has 1 aromatic carbocycles. The number of nitrogens with two attached hydrogens (primary N) is 1. The number of rotatable bonds is 6. The van der Waals surface area contributed by atoms with E-state index in [9.17, 15) is 4.79 Å². The first-order valence-corrected chi connectivity index (χ1v) is 7.66. The number of benzene rings is 1. The van der Waals surface area contributed by atoms with E-state index >= 15 is 0 Å². The van der Waals surface area contributed by atoms with Gasteiger partial charge < -0.3 is 15.8 Å². The van der Waals surface area contributed by atoms with Crippen molar-refractivity contribution in [2.45, 2.75) is 27.2 Å². The van der Waals surface area contributed by atoms with Gasteiger partial charge in [-0.1, -0.05) is 34.9 Å². The van der Waals surface area contributed by atoms with Crippen LogP contribution in [-0.2, 0) is 0 Å². The third-order valence-corrected chi connectivity index (χ3v) is 3.93. The van der Waals surface area contributed by atoms with E-state index in [0.717, 1.165) is 10.0 Å². The van der Waals surface area contributed by atoms with Gasteiger partial charge in [-0.3, -0.25) is 4.79 Å². The van der Waals surface area contributed by atoms with E-state index in [2.05, 4.69) is 34.9 Å². The standard InChI is InChI=1S/C15H22BrN3O2/c1-10(2)9-19(7-6-14(17)18-21)15(20)12-4-5-13(16)11(3)8-12/h4-5,8,10,21H,6-7,9H2,1-3H3,(H2,17,18). The average molecular weight is 356 g/mol. The van der Waals surface area contributed by atoms with Crippen LogP contribution in [0.2, 0.25) is 0 Å². The summed E-state index contributed by atoms with van der Waals surface area (Å²) >= 11 is 3.43. The lowest BCUT2D eigenvalue weighted by Crippen LogP contribution is -2.36. The predicted octanol–water partition coefficient (Wildman–Crippen LogP) is 2.99. The number of amides is 1. The van der Waals surface area contributed by atoms with Crippen LogP contribution in [-0.4, -0.2) is 34.9 Å². The zero-order chi connectivity index (χ0) is 16.0. The smallest absolute Gasteiger partial charge is 0.253 e. The molecule has 0 spiro atoms. The molecule has 3 N–H and O–H groups in total. The Morgan fingerprint density at radius 2 is 2.14 bits per heavy atom.